The molecule has 3 aromatic rings. The zero-order valence-electron chi connectivity index (χ0n) is 15.1. The number of hydrogen-bond donors (Lipinski definition) is 2. The molecule has 2 aromatic carbocycles. The van der Waals surface area contributed by atoms with Gasteiger partial charge in [-0.2, -0.15) is 17.4 Å². The quantitative estimate of drug-likeness (QED) is 0.686. The van der Waals surface area contributed by atoms with E-state index in [0.29, 0.717) is 19.6 Å². The molecule has 2 heterocycles. The number of H-pyrrole nitrogens is 1. The van der Waals surface area contributed by atoms with Crippen molar-refractivity contribution in [3.05, 3.63) is 66.0 Å². The van der Waals surface area contributed by atoms with Crippen LogP contribution in [0, 0.1) is 5.92 Å². The van der Waals surface area contributed by atoms with Crippen molar-refractivity contribution in [3.8, 4) is 0 Å². The minimum absolute atomic E-state index is 0.271. The molecule has 1 aliphatic rings. The summed E-state index contributed by atoms with van der Waals surface area (Å²) in [7, 11) is -3.48. The molecule has 0 radical (unpaired) electrons. The van der Waals surface area contributed by atoms with Crippen LogP contribution in [0.4, 0.5) is 0 Å². The first kappa shape index (κ1) is 18.2. The lowest BCUT2D eigenvalue weighted by atomic mass is 9.96. The number of aromatic nitrogens is 2. The topological polar surface area (TPSA) is 78.1 Å². The molecule has 0 saturated carbocycles. The van der Waals surface area contributed by atoms with Crippen molar-refractivity contribution in [3.63, 3.8) is 0 Å². The zero-order chi connectivity index (χ0) is 18.7. The molecule has 1 atom stereocenters. The van der Waals surface area contributed by atoms with Gasteiger partial charge >= 0.3 is 0 Å². The highest BCUT2D eigenvalue weighted by Crippen LogP contribution is 2.23. The van der Waals surface area contributed by atoms with Crippen LogP contribution in [0.2, 0.25) is 0 Å². The van der Waals surface area contributed by atoms with Crippen LogP contribution in [0.3, 0.4) is 0 Å². The Balaban J connectivity index is 1.39. The van der Waals surface area contributed by atoms with Gasteiger partial charge in [0.05, 0.1) is 11.0 Å². The monoisotopic (exact) mass is 384 g/mol. The van der Waals surface area contributed by atoms with E-state index >= 15 is 0 Å². The van der Waals surface area contributed by atoms with Crippen LogP contribution in [0.5, 0.6) is 0 Å². The van der Waals surface area contributed by atoms with Gasteiger partial charge in [-0.1, -0.05) is 42.5 Å². The number of piperidine rings is 1. The summed E-state index contributed by atoms with van der Waals surface area (Å²) >= 11 is 0. The van der Waals surface area contributed by atoms with Crippen LogP contribution in [0.15, 0.2) is 54.6 Å². The molecule has 0 spiro atoms. The zero-order valence-corrected chi connectivity index (χ0v) is 16.0. The Labute approximate surface area is 159 Å². The maximum absolute atomic E-state index is 12.7. The summed E-state index contributed by atoms with van der Waals surface area (Å²) in [4.78, 5) is 7.98. The molecule has 0 bridgehead atoms. The molecule has 1 fully saturated rings. The highest BCUT2D eigenvalue weighted by Gasteiger charge is 2.29. The molecule has 1 aliphatic heterocycles. The third-order valence-electron chi connectivity index (χ3n) is 5.04. The van der Waals surface area contributed by atoms with E-state index in [9.17, 15) is 8.42 Å². The van der Waals surface area contributed by atoms with Gasteiger partial charge in [0.25, 0.3) is 10.2 Å². The minimum atomic E-state index is -3.48. The predicted octanol–water partition coefficient (Wildman–Crippen LogP) is 2.85. The Morgan fingerprint density at radius 1 is 1.11 bits per heavy atom. The second-order valence-electron chi connectivity index (χ2n) is 7.08. The molecular weight excluding hydrogens is 360 g/mol. The van der Waals surface area contributed by atoms with Crippen molar-refractivity contribution in [1.82, 2.24) is 19.0 Å². The van der Waals surface area contributed by atoms with E-state index < -0.39 is 10.2 Å². The number of imidazole rings is 1. The Hall–Kier alpha value is -2.22. The van der Waals surface area contributed by atoms with E-state index in [-0.39, 0.29) is 5.92 Å². The van der Waals surface area contributed by atoms with Crippen LogP contribution < -0.4 is 4.72 Å². The highest BCUT2D eigenvalue weighted by molar-refractivity contribution is 7.87. The fraction of sp³-hybridized carbons (Fsp3) is 0.350. The van der Waals surface area contributed by atoms with Crippen molar-refractivity contribution < 1.29 is 8.42 Å². The molecule has 1 aromatic heterocycles. The number of nitrogens with one attached hydrogen (secondary N) is 2. The minimum Gasteiger partial charge on any atom is -0.342 e. The van der Waals surface area contributed by atoms with Gasteiger partial charge in [-0.05, 0) is 36.5 Å². The van der Waals surface area contributed by atoms with Crippen molar-refractivity contribution in [1.29, 1.82) is 0 Å². The third-order valence-corrected chi connectivity index (χ3v) is 6.56. The first-order chi connectivity index (χ1) is 13.1. The smallest absolute Gasteiger partial charge is 0.279 e. The van der Waals surface area contributed by atoms with Gasteiger partial charge in [0, 0.05) is 26.1 Å². The SMILES string of the molecule is O=S(=O)(NCc1ccccc1)N1CCC[C@H](Cc2nc3ccccc3[nH]2)C1. The number of rotatable bonds is 6. The second-order valence-corrected chi connectivity index (χ2v) is 8.84. The van der Waals surface area contributed by atoms with Crippen LogP contribution >= 0.6 is 0 Å². The van der Waals surface area contributed by atoms with E-state index in [4.69, 9.17) is 0 Å². The van der Waals surface area contributed by atoms with E-state index in [1.165, 1.54) is 0 Å². The summed E-state index contributed by atoms with van der Waals surface area (Å²) in [6.45, 7) is 1.41. The standard InChI is InChI=1S/C20H24N4O2S/c25-27(26,21-14-16-7-2-1-3-8-16)24-12-6-9-17(15-24)13-20-22-18-10-4-5-11-19(18)23-20/h1-5,7-8,10-11,17,21H,6,9,12-15H2,(H,22,23)/t17-/m1/s1. The molecule has 4 rings (SSSR count). The third kappa shape index (κ3) is 4.37. The first-order valence-electron chi connectivity index (χ1n) is 9.32. The normalized spacial score (nSPS) is 18.7. The van der Waals surface area contributed by atoms with Crippen molar-refractivity contribution in [2.24, 2.45) is 5.92 Å². The number of hydrogen-bond acceptors (Lipinski definition) is 3. The predicted molar refractivity (Wildman–Crippen MR) is 106 cm³/mol. The van der Waals surface area contributed by atoms with Gasteiger partial charge in [0.1, 0.15) is 5.82 Å². The summed E-state index contributed by atoms with van der Waals surface area (Å²) in [6.07, 6.45) is 2.65. The Morgan fingerprint density at radius 3 is 2.70 bits per heavy atom. The molecule has 0 amide bonds. The molecule has 6 nitrogen and oxygen atoms in total. The fourth-order valence-electron chi connectivity index (χ4n) is 3.65. The molecule has 27 heavy (non-hydrogen) atoms. The van der Waals surface area contributed by atoms with Gasteiger partial charge in [0.2, 0.25) is 0 Å². The van der Waals surface area contributed by atoms with Crippen LogP contribution in [0.1, 0.15) is 24.2 Å². The van der Waals surface area contributed by atoms with E-state index in [1.54, 1.807) is 4.31 Å². The maximum Gasteiger partial charge on any atom is 0.279 e. The molecule has 142 valence electrons. The van der Waals surface area contributed by atoms with E-state index in [1.807, 2.05) is 54.6 Å². The molecule has 0 unspecified atom stereocenters. The average molecular weight is 385 g/mol. The fourth-order valence-corrected chi connectivity index (χ4v) is 4.96. The largest absolute Gasteiger partial charge is 0.342 e. The Morgan fingerprint density at radius 2 is 1.89 bits per heavy atom. The number of para-hydroxylation sites is 2. The summed E-state index contributed by atoms with van der Waals surface area (Å²) in [5.41, 5.74) is 2.94. The van der Waals surface area contributed by atoms with E-state index in [0.717, 1.165) is 41.7 Å². The van der Waals surface area contributed by atoms with Gasteiger partial charge in [0.15, 0.2) is 0 Å². The van der Waals surface area contributed by atoms with Gasteiger partial charge < -0.3 is 4.98 Å². The molecular formula is C20H24N4O2S. The lowest BCUT2D eigenvalue weighted by Gasteiger charge is -2.31. The lowest BCUT2D eigenvalue weighted by Crippen LogP contribution is -2.46. The summed E-state index contributed by atoms with van der Waals surface area (Å²) in [6, 6.07) is 17.5. The average Bonchev–Trinajstić information content (AvgIpc) is 3.10. The number of nitrogens with zero attached hydrogens (tertiary/aromatic N) is 2. The summed E-state index contributed by atoms with van der Waals surface area (Å²) in [5, 5.41) is 0. The van der Waals surface area contributed by atoms with Gasteiger partial charge in [-0.25, -0.2) is 4.98 Å². The highest BCUT2D eigenvalue weighted by atomic mass is 32.2. The number of benzene rings is 2. The summed E-state index contributed by atoms with van der Waals surface area (Å²) < 4.78 is 29.7. The molecule has 2 N–H and O–H groups in total. The van der Waals surface area contributed by atoms with E-state index in [2.05, 4.69) is 14.7 Å². The van der Waals surface area contributed by atoms with Crippen LogP contribution in [0.25, 0.3) is 11.0 Å². The Bertz CT molecular complexity index is 968. The lowest BCUT2D eigenvalue weighted by molar-refractivity contribution is 0.260. The molecule has 7 heteroatoms. The van der Waals surface area contributed by atoms with Gasteiger partial charge in [-0.15, -0.1) is 0 Å². The molecule has 1 saturated heterocycles. The van der Waals surface area contributed by atoms with Crippen LogP contribution in [-0.2, 0) is 23.2 Å². The maximum atomic E-state index is 12.7. The Kier molecular flexibility index (Phi) is 5.24. The second kappa shape index (κ2) is 7.80. The van der Waals surface area contributed by atoms with Crippen molar-refractivity contribution in [2.75, 3.05) is 13.1 Å². The number of fused-ring (bicyclic) bond motifs is 1. The first-order valence-corrected chi connectivity index (χ1v) is 10.8. The van der Waals surface area contributed by atoms with Crippen molar-refractivity contribution in [2.45, 2.75) is 25.8 Å². The van der Waals surface area contributed by atoms with Gasteiger partial charge in [-0.3, -0.25) is 0 Å². The van der Waals surface area contributed by atoms with Crippen LogP contribution in [-0.4, -0.2) is 35.8 Å². The summed E-state index contributed by atoms with van der Waals surface area (Å²) in [5.74, 6) is 1.20. The van der Waals surface area contributed by atoms with Crippen molar-refractivity contribution >= 4 is 21.2 Å². The number of aromatic amines is 1. The molecule has 0 aliphatic carbocycles.